The molecule has 5 heteroatoms. The van der Waals surface area contributed by atoms with Gasteiger partial charge in [-0.1, -0.05) is 31.1 Å². The summed E-state index contributed by atoms with van der Waals surface area (Å²) in [7, 11) is 1.65. The molecule has 0 spiro atoms. The van der Waals surface area contributed by atoms with Crippen LogP contribution in [-0.2, 0) is 11.3 Å². The SMILES string of the molecule is COc1cccc(COCCCC(C)(C)C(N)=NO)c1. The van der Waals surface area contributed by atoms with E-state index in [2.05, 4.69) is 5.16 Å². The molecule has 112 valence electrons. The molecule has 0 aliphatic carbocycles. The lowest BCUT2D eigenvalue weighted by Crippen LogP contribution is -2.32. The molecule has 0 aliphatic rings. The molecular weight excluding hydrogens is 256 g/mol. The molecule has 0 heterocycles. The van der Waals surface area contributed by atoms with Crippen LogP contribution in [0.25, 0.3) is 0 Å². The number of rotatable bonds is 8. The van der Waals surface area contributed by atoms with Gasteiger partial charge in [0.2, 0.25) is 0 Å². The second-order valence-corrected chi connectivity index (χ2v) is 5.38. The quantitative estimate of drug-likeness (QED) is 0.252. The summed E-state index contributed by atoms with van der Waals surface area (Å²) in [5.41, 5.74) is 6.41. The second-order valence-electron chi connectivity index (χ2n) is 5.38. The molecule has 0 atom stereocenters. The van der Waals surface area contributed by atoms with Crippen LogP contribution in [0.5, 0.6) is 5.75 Å². The van der Waals surface area contributed by atoms with Crippen LogP contribution < -0.4 is 10.5 Å². The van der Waals surface area contributed by atoms with Crippen LogP contribution in [0.2, 0.25) is 0 Å². The lowest BCUT2D eigenvalue weighted by Gasteiger charge is -2.22. The van der Waals surface area contributed by atoms with E-state index in [9.17, 15) is 0 Å². The number of amidine groups is 1. The zero-order valence-corrected chi connectivity index (χ0v) is 12.4. The highest BCUT2D eigenvalue weighted by Gasteiger charge is 2.22. The predicted molar refractivity (Wildman–Crippen MR) is 79.1 cm³/mol. The van der Waals surface area contributed by atoms with Crippen LogP contribution in [0, 0.1) is 5.41 Å². The first-order valence-electron chi connectivity index (χ1n) is 6.68. The Morgan fingerprint density at radius 1 is 1.40 bits per heavy atom. The minimum atomic E-state index is -0.311. The predicted octanol–water partition coefficient (Wildman–Crippen LogP) is 2.76. The summed E-state index contributed by atoms with van der Waals surface area (Å²) in [6, 6.07) is 7.81. The molecule has 0 saturated carbocycles. The van der Waals surface area contributed by atoms with Crippen LogP contribution in [0.15, 0.2) is 29.4 Å². The van der Waals surface area contributed by atoms with Gasteiger partial charge in [0.15, 0.2) is 0 Å². The third-order valence-electron chi connectivity index (χ3n) is 3.29. The Morgan fingerprint density at radius 3 is 2.80 bits per heavy atom. The Labute approximate surface area is 120 Å². The number of oxime groups is 1. The van der Waals surface area contributed by atoms with Crippen molar-refractivity contribution in [2.75, 3.05) is 13.7 Å². The van der Waals surface area contributed by atoms with Gasteiger partial charge >= 0.3 is 0 Å². The third-order valence-corrected chi connectivity index (χ3v) is 3.29. The number of hydrogen-bond donors (Lipinski definition) is 2. The number of hydrogen-bond acceptors (Lipinski definition) is 4. The van der Waals surface area contributed by atoms with Gasteiger partial charge in [0.1, 0.15) is 11.6 Å². The summed E-state index contributed by atoms with van der Waals surface area (Å²) in [4.78, 5) is 0. The van der Waals surface area contributed by atoms with Crippen LogP contribution in [-0.4, -0.2) is 24.8 Å². The van der Waals surface area contributed by atoms with E-state index < -0.39 is 0 Å². The Balaban J connectivity index is 2.28. The minimum Gasteiger partial charge on any atom is -0.497 e. The summed E-state index contributed by atoms with van der Waals surface area (Å²) < 4.78 is 10.8. The lowest BCUT2D eigenvalue weighted by atomic mass is 9.87. The normalized spacial score (nSPS) is 12.4. The topological polar surface area (TPSA) is 77.1 Å². The van der Waals surface area contributed by atoms with Crippen molar-refractivity contribution < 1.29 is 14.7 Å². The molecule has 20 heavy (non-hydrogen) atoms. The summed E-state index contributed by atoms with van der Waals surface area (Å²) in [6.45, 7) is 5.09. The lowest BCUT2D eigenvalue weighted by molar-refractivity contribution is 0.112. The third kappa shape index (κ3) is 5.09. The number of nitrogens with zero attached hydrogens (tertiary/aromatic N) is 1. The van der Waals surface area contributed by atoms with Crippen LogP contribution in [0.3, 0.4) is 0 Å². The van der Waals surface area contributed by atoms with Gasteiger partial charge in [0.05, 0.1) is 13.7 Å². The van der Waals surface area contributed by atoms with Crippen molar-refractivity contribution in [1.82, 2.24) is 0 Å². The molecule has 5 nitrogen and oxygen atoms in total. The fourth-order valence-electron chi connectivity index (χ4n) is 1.83. The Hall–Kier alpha value is -1.75. The van der Waals surface area contributed by atoms with Crippen LogP contribution >= 0.6 is 0 Å². The monoisotopic (exact) mass is 280 g/mol. The highest BCUT2D eigenvalue weighted by atomic mass is 16.5. The van der Waals surface area contributed by atoms with Gasteiger partial charge in [-0.15, -0.1) is 0 Å². The molecule has 0 amide bonds. The number of methoxy groups -OCH3 is 1. The molecule has 0 aromatic heterocycles. The van der Waals surface area contributed by atoms with Gasteiger partial charge in [-0.3, -0.25) is 0 Å². The first-order chi connectivity index (χ1) is 9.49. The molecular formula is C15H24N2O3. The Bertz CT molecular complexity index is 444. The molecule has 0 saturated heterocycles. The molecule has 3 N–H and O–H groups in total. The molecule has 0 unspecified atom stereocenters. The van der Waals surface area contributed by atoms with Crippen molar-refractivity contribution in [2.45, 2.75) is 33.3 Å². The summed E-state index contributed by atoms with van der Waals surface area (Å²) in [6.07, 6.45) is 1.66. The molecule has 0 fully saturated rings. The van der Waals surface area contributed by atoms with Gasteiger partial charge in [-0.2, -0.15) is 0 Å². The largest absolute Gasteiger partial charge is 0.497 e. The molecule has 1 rings (SSSR count). The van der Waals surface area contributed by atoms with Crippen molar-refractivity contribution in [1.29, 1.82) is 0 Å². The van der Waals surface area contributed by atoms with E-state index in [1.807, 2.05) is 38.1 Å². The number of ether oxygens (including phenoxy) is 2. The smallest absolute Gasteiger partial charge is 0.144 e. The van der Waals surface area contributed by atoms with Crippen molar-refractivity contribution >= 4 is 5.84 Å². The van der Waals surface area contributed by atoms with Crippen LogP contribution in [0.1, 0.15) is 32.3 Å². The van der Waals surface area contributed by atoms with Gasteiger partial charge < -0.3 is 20.4 Å². The first kappa shape index (κ1) is 16.3. The van der Waals surface area contributed by atoms with E-state index in [1.54, 1.807) is 7.11 Å². The maximum absolute atomic E-state index is 8.69. The maximum atomic E-state index is 8.69. The number of nitrogens with two attached hydrogens (primary N) is 1. The van der Waals surface area contributed by atoms with Crippen LogP contribution in [0.4, 0.5) is 0 Å². The summed E-state index contributed by atoms with van der Waals surface area (Å²) >= 11 is 0. The van der Waals surface area contributed by atoms with E-state index in [-0.39, 0.29) is 11.3 Å². The Kier molecular flexibility index (Phi) is 6.31. The first-order valence-corrected chi connectivity index (χ1v) is 6.68. The van der Waals surface area contributed by atoms with E-state index in [0.717, 1.165) is 24.2 Å². The molecule has 0 bridgehead atoms. The standard InChI is InChI=1S/C15H24N2O3/c1-15(2,14(16)17-18)8-5-9-20-11-12-6-4-7-13(10-12)19-3/h4,6-7,10,18H,5,8-9,11H2,1-3H3,(H2,16,17). The highest BCUT2D eigenvalue weighted by molar-refractivity contribution is 5.85. The van der Waals surface area contributed by atoms with Crippen molar-refractivity contribution in [2.24, 2.45) is 16.3 Å². The zero-order valence-electron chi connectivity index (χ0n) is 12.4. The average molecular weight is 280 g/mol. The van der Waals surface area contributed by atoms with Gasteiger partial charge in [0, 0.05) is 12.0 Å². The molecule has 1 aromatic carbocycles. The van der Waals surface area contributed by atoms with Crippen molar-refractivity contribution in [3.05, 3.63) is 29.8 Å². The van der Waals surface area contributed by atoms with Gasteiger partial charge in [-0.05, 0) is 30.5 Å². The van der Waals surface area contributed by atoms with Gasteiger partial charge in [0.25, 0.3) is 0 Å². The summed E-state index contributed by atoms with van der Waals surface area (Å²) in [5, 5.41) is 11.8. The fourth-order valence-corrected chi connectivity index (χ4v) is 1.83. The second kappa shape index (κ2) is 7.75. The van der Waals surface area contributed by atoms with Gasteiger partial charge in [-0.25, -0.2) is 0 Å². The molecule has 0 radical (unpaired) electrons. The Morgan fingerprint density at radius 2 is 2.15 bits per heavy atom. The zero-order chi connectivity index (χ0) is 15.0. The van der Waals surface area contributed by atoms with Crippen molar-refractivity contribution in [3.8, 4) is 5.75 Å². The highest BCUT2D eigenvalue weighted by Crippen LogP contribution is 2.22. The van der Waals surface area contributed by atoms with E-state index in [0.29, 0.717) is 13.2 Å². The molecule has 0 aliphatic heterocycles. The minimum absolute atomic E-state index is 0.255. The maximum Gasteiger partial charge on any atom is 0.144 e. The van der Waals surface area contributed by atoms with E-state index in [4.69, 9.17) is 20.4 Å². The molecule has 1 aromatic rings. The summed E-state index contributed by atoms with van der Waals surface area (Å²) in [5.74, 6) is 1.09. The number of benzene rings is 1. The van der Waals surface area contributed by atoms with E-state index >= 15 is 0 Å². The van der Waals surface area contributed by atoms with E-state index in [1.165, 1.54) is 0 Å². The fraction of sp³-hybridized carbons (Fsp3) is 0.533. The average Bonchev–Trinajstić information content (AvgIpc) is 2.46. The van der Waals surface area contributed by atoms with Crippen molar-refractivity contribution in [3.63, 3.8) is 0 Å².